The van der Waals surface area contributed by atoms with Gasteiger partial charge in [-0.2, -0.15) is 0 Å². The Morgan fingerprint density at radius 2 is 1.40 bits per heavy atom. The van der Waals surface area contributed by atoms with Gasteiger partial charge in [-0.15, -0.1) is 0 Å². The van der Waals surface area contributed by atoms with Crippen molar-refractivity contribution in [3.63, 3.8) is 0 Å². The number of hydrogen-bond donors (Lipinski definition) is 1. The zero-order valence-electron chi connectivity index (χ0n) is 17.3. The van der Waals surface area contributed by atoms with E-state index >= 15 is 0 Å². The summed E-state index contributed by atoms with van der Waals surface area (Å²) < 4.78 is 9.26. The zero-order chi connectivity index (χ0) is 22.4. The van der Waals surface area contributed by atoms with Gasteiger partial charge in [0.15, 0.2) is 0 Å². The molecule has 8 nitrogen and oxygen atoms in total. The molecule has 30 heavy (non-hydrogen) atoms. The third-order valence-electron chi connectivity index (χ3n) is 4.34. The lowest BCUT2D eigenvalue weighted by atomic mass is 10.1. The lowest BCUT2D eigenvalue weighted by Crippen LogP contribution is -1.97. The van der Waals surface area contributed by atoms with Crippen LogP contribution in [0, 0.1) is 10.1 Å². The van der Waals surface area contributed by atoms with Crippen LogP contribution < -0.4 is 15.2 Å². The normalized spacial score (nSPS) is 9.80. The fourth-order valence-electron chi connectivity index (χ4n) is 2.72. The minimum atomic E-state index is -0.456. The zero-order valence-corrected chi connectivity index (χ0v) is 17.3. The van der Waals surface area contributed by atoms with Crippen LogP contribution in [0.15, 0.2) is 36.4 Å². The van der Waals surface area contributed by atoms with Crippen LogP contribution in [0.5, 0.6) is 11.5 Å². The van der Waals surface area contributed by atoms with E-state index in [2.05, 4.69) is 16.4 Å². The first-order valence-corrected chi connectivity index (χ1v) is 9.83. The predicted octanol–water partition coefficient (Wildman–Crippen LogP) is 4.62. The number of anilines is 1. The summed E-state index contributed by atoms with van der Waals surface area (Å²) in [5.74, 6) is 0.694. The molecule has 0 atom stereocenters. The highest BCUT2D eigenvalue weighted by atomic mass is 16.6. The first kappa shape index (κ1) is 24.6. The number of aryl methyl sites for hydroxylation is 2. The van der Waals surface area contributed by atoms with Crippen LogP contribution in [0.25, 0.3) is 0 Å². The van der Waals surface area contributed by atoms with E-state index in [1.807, 2.05) is 13.0 Å². The monoisotopic (exact) mass is 416 g/mol. The van der Waals surface area contributed by atoms with Gasteiger partial charge in [0.2, 0.25) is 0 Å². The average molecular weight is 416 g/mol. The highest BCUT2D eigenvalue weighted by Gasteiger charge is 2.14. The van der Waals surface area contributed by atoms with E-state index in [0.717, 1.165) is 37.7 Å². The van der Waals surface area contributed by atoms with Crippen LogP contribution >= 0.6 is 0 Å². The van der Waals surface area contributed by atoms with E-state index in [1.54, 1.807) is 24.3 Å². The van der Waals surface area contributed by atoms with E-state index in [4.69, 9.17) is 5.73 Å². The summed E-state index contributed by atoms with van der Waals surface area (Å²) in [6, 6.07) is 9.82. The van der Waals surface area contributed by atoms with Gasteiger partial charge in [-0.05, 0) is 49.4 Å². The molecule has 0 aliphatic carbocycles. The van der Waals surface area contributed by atoms with Gasteiger partial charge in [-0.1, -0.05) is 32.8 Å². The molecule has 0 fully saturated rings. The van der Waals surface area contributed by atoms with Gasteiger partial charge in [-0.3, -0.25) is 19.7 Å². The van der Waals surface area contributed by atoms with Crippen molar-refractivity contribution in [2.45, 2.75) is 52.4 Å². The SMILES string of the molecule is CCCCc1ccc(OC=O)cc1N.CCCCc1ccc(OC=O)cc1[N+](=O)[O-]. The predicted molar refractivity (Wildman–Crippen MR) is 115 cm³/mol. The molecule has 0 aromatic heterocycles. The molecule has 162 valence electrons. The molecule has 0 aliphatic heterocycles. The summed E-state index contributed by atoms with van der Waals surface area (Å²) in [7, 11) is 0. The summed E-state index contributed by atoms with van der Waals surface area (Å²) in [5, 5.41) is 10.8. The maximum absolute atomic E-state index is 10.8. The Morgan fingerprint density at radius 1 is 0.900 bits per heavy atom. The highest BCUT2D eigenvalue weighted by molar-refractivity contribution is 5.55. The smallest absolute Gasteiger partial charge is 0.298 e. The molecule has 0 saturated carbocycles. The third kappa shape index (κ3) is 8.30. The summed E-state index contributed by atoms with van der Waals surface area (Å²) in [6.07, 6.45) is 5.78. The summed E-state index contributed by atoms with van der Waals surface area (Å²) in [5.41, 5.74) is 8.28. The Morgan fingerprint density at radius 3 is 1.87 bits per heavy atom. The average Bonchev–Trinajstić information content (AvgIpc) is 2.73. The van der Waals surface area contributed by atoms with Crippen molar-refractivity contribution in [3.8, 4) is 11.5 Å². The molecule has 0 radical (unpaired) electrons. The first-order valence-electron chi connectivity index (χ1n) is 9.83. The summed E-state index contributed by atoms with van der Waals surface area (Å²) in [6.45, 7) is 4.82. The molecule has 0 bridgehead atoms. The van der Waals surface area contributed by atoms with E-state index < -0.39 is 4.92 Å². The second-order valence-corrected chi connectivity index (χ2v) is 6.54. The van der Waals surface area contributed by atoms with Crippen LogP contribution in [0.4, 0.5) is 11.4 Å². The van der Waals surface area contributed by atoms with Crippen molar-refractivity contribution < 1.29 is 24.0 Å². The minimum absolute atomic E-state index is 0.00722. The molecule has 0 amide bonds. The number of unbranched alkanes of at least 4 members (excludes halogenated alkanes) is 2. The molecule has 2 aromatic rings. The fourth-order valence-corrected chi connectivity index (χ4v) is 2.72. The number of nitro groups is 1. The molecule has 2 aromatic carbocycles. The Labute approximate surface area is 176 Å². The second-order valence-electron chi connectivity index (χ2n) is 6.54. The Bertz CT molecular complexity index is 838. The molecule has 0 aliphatic rings. The number of rotatable bonds is 11. The maximum atomic E-state index is 10.8. The fraction of sp³-hybridized carbons (Fsp3) is 0.364. The van der Waals surface area contributed by atoms with Crippen molar-refractivity contribution in [2.75, 3.05) is 5.73 Å². The number of nitrogen functional groups attached to an aromatic ring is 1. The minimum Gasteiger partial charge on any atom is -0.429 e. The van der Waals surface area contributed by atoms with E-state index in [0.29, 0.717) is 29.9 Å². The van der Waals surface area contributed by atoms with Gasteiger partial charge in [0, 0.05) is 17.3 Å². The van der Waals surface area contributed by atoms with Gasteiger partial charge >= 0.3 is 0 Å². The molecule has 0 saturated heterocycles. The van der Waals surface area contributed by atoms with Crippen molar-refractivity contribution in [1.82, 2.24) is 0 Å². The van der Waals surface area contributed by atoms with Crippen LogP contribution in [-0.4, -0.2) is 17.9 Å². The lowest BCUT2D eigenvalue weighted by Gasteiger charge is -2.06. The molecule has 0 unspecified atom stereocenters. The molecule has 0 heterocycles. The van der Waals surface area contributed by atoms with Crippen molar-refractivity contribution in [3.05, 3.63) is 57.6 Å². The molecule has 2 rings (SSSR count). The number of ether oxygens (including phenoxy) is 2. The Kier molecular flexibility index (Phi) is 11.2. The van der Waals surface area contributed by atoms with Gasteiger partial charge in [0.05, 0.1) is 11.0 Å². The molecule has 0 spiro atoms. The molecule has 8 heteroatoms. The quantitative estimate of drug-likeness (QED) is 0.245. The second kappa shape index (κ2) is 13.7. The standard InChI is InChI=1S/C11H13NO4.C11H15NO2/c1-2-3-4-9-5-6-10(16-8-13)7-11(9)12(14)15;1-2-3-4-9-5-6-10(14-8-13)7-11(9)12/h5-8H,2-4H2,1H3;5-8H,2-4,12H2,1H3. The topological polar surface area (TPSA) is 122 Å². The van der Waals surface area contributed by atoms with Crippen molar-refractivity contribution >= 4 is 24.3 Å². The summed E-state index contributed by atoms with van der Waals surface area (Å²) >= 11 is 0. The Hall–Kier alpha value is -3.42. The maximum Gasteiger partial charge on any atom is 0.298 e. The van der Waals surface area contributed by atoms with Crippen LogP contribution in [-0.2, 0) is 22.4 Å². The van der Waals surface area contributed by atoms with Crippen molar-refractivity contribution in [2.24, 2.45) is 0 Å². The number of benzene rings is 2. The van der Waals surface area contributed by atoms with Crippen LogP contribution in [0.1, 0.15) is 50.7 Å². The largest absolute Gasteiger partial charge is 0.429 e. The van der Waals surface area contributed by atoms with Crippen LogP contribution in [0.2, 0.25) is 0 Å². The van der Waals surface area contributed by atoms with Gasteiger partial charge in [0.1, 0.15) is 11.5 Å². The van der Waals surface area contributed by atoms with Crippen LogP contribution in [0.3, 0.4) is 0 Å². The third-order valence-corrected chi connectivity index (χ3v) is 4.34. The van der Waals surface area contributed by atoms with E-state index in [1.165, 1.54) is 6.07 Å². The number of carbonyl (C=O) groups is 2. The molecule has 2 N–H and O–H groups in total. The number of hydrogen-bond acceptors (Lipinski definition) is 7. The van der Waals surface area contributed by atoms with E-state index in [-0.39, 0.29) is 17.9 Å². The number of nitrogens with two attached hydrogens (primary N) is 1. The number of nitrogens with zero attached hydrogens (tertiary/aromatic N) is 1. The molecular formula is C22H28N2O6. The lowest BCUT2D eigenvalue weighted by molar-refractivity contribution is -0.385. The van der Waals surface area contributed by atoms with Gasteiger partial charge in [-0.25, -0.2) is 0 Å². The number of nitro benzene ring substituents is 1. The Balaban J connectivity index is 0.000000303. The van der Waals surface area contributed by atoms with Gasteiger partial charge in [0.25, 0.3) is 18.6 Å². The first-order chi connectivity index (χ1) is 14.5. The highest BCUT2D eigenvalue weighted by Crippen LogP contribution is 2.26. The van der Waals surface area contributed by atoms with E-state index in [9.17, 15) is 19.7 Å². The number of carbonyl (C=O) groups excluding carboxylic acids is 2. The van der Waals surface area contributed by atoms with Gasteiger partial charge < -0.3 is 15.2 Å². The summed E-state index contributed by atoms with van der Waals surface area (Å²) in [4.78, 5) is 30.5. The van der Waals surface area contributed by atoms with Crippen molar-refractivity contribution in [1.29, 1.82) is 0 Å². The molecular weight excluding hydrogens is 388 g/mol.